The van der Waals surface area contributed by atoms with Crippen molar-refractivity contribution in [2.24, 2.45) is 0 Å². The molecule has 0 aliphatic rings. The van der Waals surface area contributed by atoms with Gasteiger partial charge in [-0.2, -0.15) is 65.9 Å². The summed E-state index contributed by atoms with van der Waals surface area (Å²) in [6.07, 6.45) is -22.1. The van der Waals surface area contributed by atoms with E-state index in [2.05, 4.69) is 11.3 Å². The van der Waals surface area contributed by atoms with Gasteiger partial charge in [0.1, 0.15) is 0 Å². The van der Waals surface area contributed by atoms with Gasteiger partial charge in [0.25, 0.3) is 0 Å². The van der Waals surface area contributed by atoms with E-state index in [1.165, 1.54) is 0 Å². The molecule has 29 heavy (non-hydrogen) atoms. The molecule has 0 amide bonds. The molecule has 0 aromatic rings. The first kappa shape index (κ1) is 27.1. The standard InChI is InChI=1S/C11H5F15O3/c1-2-4(27)28-3-5(12,9(19,20)21)29-11(25,26)8(17,18)6(13,14)7(15,16)10(22,23)24/h2H,1,3H2/t5-/m1/s1. The van der Waals surface area contributed by atoms with Gasteiger partial charge in [-0.05, 0) is 0 Å². The van der Waals surface area contributed by atoms with Crippen LogP contribution < -0.4 is 0 Å². The molecule has 0 radical (unpaired) electrons. The van der Waals surface area contributed by atoms with Gasteiger partial charge in [-0.25, -0.2) is 4.79 Å². The molecule has 0 aliphatic carbocycles. The average Bonchev–Trinajstić information content (AvgIpc) is 2.49. The summed E-state index contributed by atoms with van der Waals surface area (Å²) in [7, 11) is 0. The number of ether oxygens (including phenoxy) is 2. The van der Waals surface area contributed by atoms with Crippen molar-refractivity contribution in [3.8, 4) is 0 Å². The fourth-order valence-electron chi connectivity index (χ4n) is 1.22. The third kappa shape index (κ3) is 4.66. The molecule has 3 nitrogen and oxygen atoms in total. The minimum absolute atomic E-state index is 0.0123. The fourth-order valence-corrected chi connectivity index (χ4v) is 1.22. The quantitative estimate of drug-likeness (QED) is 0.284. The van der Waals surface area contributed by atoms with Crippen LogP contribution in [0.25, 0.3) is 0 Å². The number of hydrogen-bond donors (Lipinski definition) is 0. The van der Waals surface area contributed by atoms with Crippen LogP contribution in [0.15, 0.2) is 12.7 Å². The van der Waals surface area contributed by atoms with Crippen molar-refractivity contribution in [3.05, 3.63) is 12.7 Å². The summed E-state index contributed by atoms with van der Waals surface area (Å²) in [4.78, 5) is 10.5. The molecular formula is C11H5F15O3. The second kappa shape index (κ2) is 7.42. The van der Waals surface area contributed by atoms with Crippen LogP contribution in [0.1, 0.15) is 0 Å². The van der Waals surface area contributed by atoms with E-state index in [1.54, 1.807) is 0 Å². The van der Waals surface area contributed by atoms with E-state index in [0.29, 0.717) is 0 Å². The van der Waals surface area contributed by atoms with E-state index >= 15 is 0 Å². The first-order chi connectivity index (χ1) is 12.4. The molecule has 0 saturated carbocycles. The largest absolute Gasteiger partial charge is 0.460 e. The molecular weight excluding hydrogens is 465 g/mol. The Balaban J connectivity index is 6.22. The van der Waals surface area contributed by atoms with Crippen molar-refractivity contribution in [2.75, 3.05) is 6.61 Å². The minimum atomic E-state index is -8.13. The Bertz CT molecular complexity index is 620. The van der Waals surface area contributed by atoms with E-state index in [1.807, 2.05) is 4.74 Å². The van der Waals surface area contributed by atoms with Crippen LogP contribution in [0.2, 0.25) is 0 Å². The van der Waals surface area contributed by atoms with Gasteiger partial charge in [-0.1, -0.05) is 6.58 Å². The van der Waals surface area contributed by atoms with Gasteiger partial charge >= 0.3 is 48.1 Å². The van der Waals surface area contributed by atoms with E-state index in [0.717, 1.165) is 0 Å². The van der Waals surface area contributed by atoms with Gasteiger partial charge in [-0.15, -0.1) is 0 Å². The second-order valence-electron chi connectivity index (χ2n) is 4.88. The Morgan fingerprint density at radius 2 is 1.10 bits per heavy atom. The van der Waals surface area contributed by atoms with Crippen LogP contribution in [0.3, 0.4) is 0 Å². The zero-order valence-corrected chi connectivity index (χ0v) is 12.9. The zero-order valence-electron chi connectivity index (χ0n) is 12.9. The Morgan fingerprint density at radius 1 is 0.690 bits per heavy atom. The topological polar surface area (TPSA) is 35.5 Å². The van der Waals surface area contributed by atoms with Crippen LogP contribution in [-0.4, -0.2) is 54.7 Å². The number of carbonyl (C=O) groups excluding carboxylic acids is 1. The van der Waals surface area contributed by atoms with Gasteiger partial charge in [0.2, 0.25) is 0 Å². The molecule has 0 aromatic heterocycles. The maximum absolute atomic E-state index is 13.6. The predicted octanol–water partition coefficient (Wildman–Crippen LogP) is 5.02. The lowest BCUT2D eigenvalue weighted by Gasteiger charge is -2.39. The maximum atomic E-state index is 13.6. The Labute approximate surface area is 149 Å². The van der Waals surface area contributed by atoms with Crippen molar-refractivity contribution in [1.29, 1.82) is 0 Å². The van der Waals surface area contributed by atoms with Crippen LogP contribution >= 0.6 is 0 Å². The minimum Gasteiger partial charge on any atom is -0.456 e. The highest BCUT2D eigenvalue weighted by Gasteiger charge is 2.89. The summed E-state index contributed by atoms with van der Waals surface area (Å²) >= 11 is 0. The van der Waals surface area contributed by atoms with Gasteiger partial charge in [0.15, 0.2) is 6.61 Å². The zero-order chi connectivity index (χ0) is 23.9. The van der Waals surface area contributed by atoms with Crippen molar-refractivity contribution < 1.29 is 80.1 Å². The average molecular weight is 470 g/mol. The first-order valence-electron chi connectivity index (χ1n) is 6.24. The van der Waals surface area contributed by atoms with Crippen molar-refractivity contribution in [1.82, 2.24) is 0 Å². The molecule has 0 spiro atoms. The number of carbonyl (C=O) groups is 1. The van der Waals surface area contributed by atoms with Crippen LogP contribution in [0.4, 0.5) is 65.9 Å². The Morgan fingerprint density at radius 3 is 1.41 bits per heavy atom. The Hall–Kier alpha value is -1.88. The molecule has 0 saturated heterocycles. The van der Waals surface area contributed by atoms with Crippen molar-refractivity contribution in [2.45, 2.75) is 42.1 Å². The van der Waals surface area contributed by atoms with Gasteiger partial charge in [-0.3, -0.25) is 4.74 Å². The highest BCUT2D eigenvalue weighted by atomic mass is 19.4. The van der Waals surface area contributed by atoms with Crippen molar-refractivity contribution in [3.63, 3.8) is 0 Å². The molecule has 0 aliphatic heterocycles. The highest BCUT2D eigenvalue weighted by molar-refractivity contribution is 5.81. The summed E-state index contributed by atoms with van der Waals surface area (Å²) in [5.41, 5.74) is 0. The number of alkyl halides is 15. The van der Waals surface area contributed by atoms with Crippen LogP contribution in [0, 0.1) is 0 Å². The van der Waals surface area contributed by atoms with E-state index < -0.39 is 54.7 Å². The SMILES string of the molecule is C=CC(=O)OC[C@@](F)(OC(F)(F)C(F)(F)C(F)(F)C(F)(F)C(F)(F)F)C(F)(F)F. The predicted molar refractivity (Wildman–Crippen MR) is 58.0 cm³/mol. The van der Waals surface area contributed by atoms with Crippen molar-refractivity contribution >= 4 is 5.97 Å². The highest BCUT2D eigenvalue weighted by Crippen LogP contribution is 2.58. The molecule has 0 rings (SSSR count). The molecule has 18 heteroatoms. The summed E-state index contributed by atoms with van der Waals surface area (Å²) in [6.45, 7) is -0.532. The number of rotatable bonds is 8. The van der Waals surface area contributed by atoms with E-state index in [4.69, 9.17) is 0 Å². The lowest BCUT2D eigenvalue weighted by molar-refractivity contribution is -0.497. The van der Waals surface area contributed by atoms with Crippen LogP contribution in [0.5, 0.6) is 0 Å². The number of esters is 1. The maximum Gasteiger partial charge on any atom is 0.460 e. The molecule has 0 aromatic carbocycles. The van der Waals surface area contributed by atoms with E-state index in [9.17, 15) is 70.7 Å². The summed E-state index contributed by atoms with van der Waals surface area (Å²) in [5, 5.41) is 0. The van der Waals surface area contributed by atoms with Crippen LogP contribution in [-0.2, 0) is 14.3 Å². The summed E-state index contributed by atoms with van der Waals surface area (Å²) < 4.78 is 195. The van der Waals surface area contributed by atoms with E-state index in [-0.39, 0.29) is 6.08 Å². The third-order valence-electron chi connectivity index (χ3n) is 2.79. The fraction of sp³-hybridized carbons (Fsp3) is 0.727. The van der Waals surface area contributed by atoms with Gasteiger partial charge in [0, 0.05) is 6.08 Å². The second-order valence-corrected chi connectivity index (χ2v) is 4.88. The molecule has 0 fully saturated rings. The monoisotopic (exact) mass is 470 g/mol. The molecule has 1 atom stereocenters. The normalized spacial score (nSPS) is 16.9. The Kier molecular flexibility index (Phi) is 6.94. The molecule has 172 valence electrons. The number of halogens is 15. The summed E-state index contributed by atoms with van der Waals surface area (Å²) in [6, 6.07) is 0. The lowest BCUT2D eigenvalue weighted by Crippen LogP contribution is -2.68. The molecule has 0 bridgehead atoms. The molecule has 0 unspecified atom stereocenters. The first-order valence-corrected chi connectivity index (χ1v) is 6.24. The van der Waals surface area contributed by atoms with Gasteiger partial charge in [0.05, 0.1) is 0 Å². The number of hydrogen-bond acceptors (Lipinski definition) is 3. The summed E-state index contributed by atoms with van der Waals surface area (Å²) in [5.74, 6) is -32.4. The molecule has 0 N–H and O–H groups in total. The smallest absolute Gasteiger partial charge is 0.456 e. The molecule has 0 heterocycles. The third-order valence-corrected chi connectivity index (χ3v) is 2.79. The lowest BCUT2D eigenvalue weighted by atomic mass is 10.0. The van der Waals surface area contributed by atoms with Gasteiger partial charge < -0.3 is 4.74 Å².